The number of allylic oxidation sites excluding steroid dienone is 2. The Morgan fingerprint density at radius 1 is 0.821 bits per heavy atom. The summed E-state index contributed by atoms with van der Waals surface area (Å²) in [5.41, 5.74) is 1.33. The molecule has 7 heteroatoms. The summed E-state index contributed by atoms with van der Waals surface area (Å²) in [5, 5.41) is 19.1. The van der Waals surface area contributed by atoms with E-state index in [1.54, 1.807) is 36.4 Å². The molecule has 0 aromatic heterocycles. The molecular weight excluding hydrogens is 412 g/mol. The number of hydrogen-bond acceptors (Lipinski definition) is 6. The minimum atomic E-state index is -0.347. The predicted octanol–water partition coefficient (Wildman–Crippen LogP) is 3.37. The third-order valence-corrected chi connectivity index (χ3v) is 3.68. The van der Waals surface area contributed by atoms with Crippen LogP contribution in [0.1, 0.15) is 17.5 Å². The number of carbonyl (C=O) groups excluding carboxylic acids is 2. The zero-order chi connectivity index (χ0) is 19.8. The molecule has 1 radical (unpaired) electrons. The molecule has 0 fully saturated rings. The molecule has 2 rings (SSSR count). The van der Waals surface area contributed by atoms with Gasteiger partial charge in [-0.15, -0.1) is 0 Å². The van der Waals surface area contributed by atoms with Crippen LogP contribution in [-0.4, -0.2) is 36.0 Å². The van der Waals surface area contributed by atoms with Gasteiger partial charge in [0.15, 0.2) is 34.6 Å². The minimum Gasteiger partial charge on any atom is -0.504 e. The van der Waals surface area contributed by atoms with Crippen LogP contribution in [0, 0.1) is 0 Å². The average Bonchev–Trinajstić information content (AvgIpc) is 2.66. The van der Waals surface area contributed by atoms with Gasteiger partial charge in [0.25, 0.3) is 0 Å². The molecule has 0 unspecified atom stereocenters. The van der Waals surface area contributed by atoms with Crippen LogP contribution in [0.4, 0.5) is 0 Å². The van der Waals surface area contributed by atoms with Gasteiger partial charge in [-0.3, -0.25) is 9.59 Å². The number of phenols is 2. The Labute approximate surface area is 173 Å². The topological polar surface area (TPSA) is 93.1 Å². The molecule has 0 saturated heterocycles. The molecule has 0 amide bonds. The standard InChI is InChI=1S/C21H20O6.Cu/c1-26-20-11-14(5-9-18(20)24)3-7-16(22)13-17(23)8-4-15-6-10-19(25)21(12-15)27-2;/h3-12,24-25H,13H2,1-2H3;. The van der Waals surface area contributed by atoms with Gasteiger partial charge in [0.2, 0.25) is 0 Å². The molecule has 0 atom stereocenters. The normalized spacial score (nSPS) is 10.6. The first-order valence-electron chi connectivity index (χ1n) is 8.08. The van der Waals surface area contributed by atoms with Crippen molar-refractivity contribution in [3.8, 4) is 23.0 Å². The second kappa shape index (κ2) is 11.0. The van der Waals surface area contributed by atoms with Gasteiger partial charge in [-0.1, -0.05) is 24.3 Å². The van der Waals surface area contributed by atoms with E-state index in [4.69, 9.17) is 9.47 Å². The molecule has 0 aliphatic carbocycles. The van der Waals surface area contributed by atoms with Crippen molar-refractivity contribution in [2.24, 2.45) is 0 Å². The van der Waals surface area contributed by atoms with Gasteiger partial charge in [-0.2, -0.15) is 0 Å². The molecule has 0 saturated carbocycles. The van der Waals surface area contributed by atoms with Crippen LogP contribution >= 0.6 is 0 Å². The minimum absolute atomic E-state index is 0. The van der Waals surface area contributed by atoms with Crippen molar-refractivity contribution in [1.29, 1.82) is 0 Å². The summed E-state index contributed by atoms with van der Waals surface area (Å²) in [6, 6.07) is 9.34. The van der Waals surface area contributed by atoms with Crippen LogP contribution in [0.25, 0.3) is 12.2 Å². The average molecular weight is 432 g/mol. The maximum Gasteiger partial charge on any atom is 0.163 e. The molecule has 0 heterocycles. The predicted molar refractivity (Wildman–Crippen MR) is 102 cm³/mol. The number of ketones is 2. The Bertz CT molecular complexity index is 828. The molecule has 28 heavy (non-hydrogen) atoms. The summed E-state index contributed by atoms with van der Waals surface area (Å²) in [6.45, 7) is 0. The van der Waals surface area contributed by atoms with E-state index in [2.05, 4.69) is 0 Å². The van der Waals surface area contributed by atoms with Gasteiger partial charge in [0.05, 0.1) is 20.6 Å². The first-order valence-corrected chi connectivity index (χ1v) is 8.08. The summed E-state index contributed by atoms with van der Waals surface area (Å²) in [4.78, 5) is 23.9. The third-order valence-electron chi connectivity index (χ3n) is 3.68. The fraction of sp³-hybridized carbons (Fsp3) is 0.143. The Balaban J connectivity index is 0.00000392. The summed E-state index contributed by atoms with van der Waals surface area (Å²) in [7, 11) is 2.87. The summed E-state index contributed by atoms with van der Waals surface area (Å²) in [6.07, 6.45) is 5.44. The fourth-order valence-corrected chi connectivity index (χ4v) is 2.26. The summed E-state index contributed by atoms with van der Waals surface area (Å²) < 4.78 is 10.00. The van der Waals surface area contributed by atoms with Crippen molar-refractivity contribution in [2.75, 3.05) is 14.2 Å². The van der Waals surface area contributed by atoms with E-state index < -0.39 is 0 Å². The molecule has 0 spiro atoms. The molecule has 0 aliphatic heterocycles. The van der Waals surface area contributed by atoms with Crippen molar-refractivity contribution in [3.05, 3.63) is 59.7 Å². The molecule has 151 valence electrons. The van der Waals surface area contributed by atoms with Gasteiger partial charge in [0, 0.05) is 17.1 Å². The van der Waals surface area contributed by atoms with E-state index in [1.165, 1.54) is 38.5 Å². The smallest absolute Gasteiger partial charge is 0.163 e. The second-order valence-electron chi connectivity index (χ2n) is 5.64. The number of ether oxygens (including phenoxy) is 2. The Morgan fingerprint density at radius 2 is 1.21 bits per heavy atom. The zero-order valence-electron chi connectivity index (χ0n) is 15.3. The Morgan fingerprint density at radius 3 is 1.57 bits per heavy atom. The first kappa shape index (κ1) is 23.0. The molecule has 6 nitrogen and oxygen atoms in total. The number of phenolic OH excluding ortho intramolecular Hbond substituents is 2. The molecule has 0 bridgehead atoms. The summed E-state index contributed by atoms with van der Waals surface area (Å²) >= 11 is 0. The van der Waals surface area contributed by atoms with Gasteiger partial charge in [-0.05, 0) is 47.5 Å². The van der Waals surface area contributed by atoms with Gasteiger partial charge in [-0.25, -0.2) is 0 Å². The summed E-state index contributed by atoms with van der Waals surface area (Å²) in [5.74, 6) is -0.0832. The van der Waals surface area contributed by atoms with Gasteiger partial charge < -0.3 is 19.7 Å². The molecule has 2 aromatic rings. The van der Waals surface area contributed by atoms with E-state index in [1.807, 2.05) is 0 Å². The van der Waals surface area contributed by atoms with Crippen molar-refractivity contribution in [3.63, 3.8) is 0 Å². The van der Waals surface area contributed by atoms with E-state index in [0.717, 1.165) is 0 Å². The molecule has 2 N–H and O–H groups in total. The maximum atomic E-state index is 11.9. The largest absolute Gasteiger partial charge is 0.504 e. The molecule has 0 aliphatic rings. The van der Waals surface area contributed by atoms with Crippen molar-refractivity contribution in [1.82, 2.24) is 0 Å². The number of aromatic hydroxyl groups is 2. The van der Waals surface area contributed by atoms with Crippen molar-refractivity contribution in [2.45, 2.75) is 6.42 Å². The number of methoxy groups -OCH3 is 2. The third kappa shape index (κ3) is 6.61. The fourth-order valence-electron chi connectivity index (χ4n) is 2.26. The SMILES string of the molecule is COc1cc(C=CC(=O)CC(=O)C=Cc2ccc(O)c(OC)c2)ccc1O.[Cu]. The van der Waals surface area contributed by atoms with Crippen LogP contribution in [0.5, 0.6) is 23.0 Å². The second-order valence-corrected chi connectivity index (χ2v) is 5.64. The monoisotopic (exact) mass is 431 g/mol. The van der Waals surface area contributed by atoms with Crippen LogP contribution < -0.4 is 9.47 Å². The molecular formula is C21H20CuO6. The van der Waals surface area contributed by atoms with Crippen LogP contribution in [-0.2, 0) is 26.7 Å². The van der Waals surface area contributed by atoms with E-state index in [-0.39, 0.29) is 46.6 Å². The van der Waals surface area contributed by atoms with Crippen LogP contribution in [0.2, 0.25) is 0 Å². The van der Waals surface area contributed by atoms with Crippen LogP contribution in [0.15, 0.2) is 48.6 Å². The zero-order valence-corrected chi connectivity index (χ0v) is 16.3. The molecule has 2 aromatic carbocycles. The van der Waals surface area contributed by atoms with Crippen LogP contribution in [0.3, 0.4) is 0 Å². The Kier molecular flexibility index (Phi) is 9.02. The number of benzene rings is 2. The number of carbonyl (C=O) groups is 2. The van der Waals surface area contributed by atoms with Crippen molar-refractivity contribution < 1.29 is 46.3 Å². The number of hydrogen-bond donors (Lipinski definition) is 2. The van der Waals surface area contributed by atoms with Crippen molar-refractivity contribution >= 4 is 23.7 Å². The first-order chi connectivity index (χ1) is 12.9. The Hall–Kier alpha value is -3.02. The number of rotatable bonds is 8. The van der Waals surface area contributed by atoms with E-state index >= 15 is 0 Å². The van der Waals surface area contributed by atoms with E-state index in [0.29, 0.717) is 22.6 Å². The quantitative estimate of drug-likeness (QED) is 0.378. The maximum absolute atomic E-state index is 11.9. The van der Waals surface area contributed by atoms with Gasteiger partial charge >= 0.3 is 0 Å². The van der Waals surface area contributed by atoms with Gasteiger partial charge in [0.1, 0.15) is 0 Å². The van der Waals surface area contributed by atoms with E-state index in [9.17, 15) is 19.8 Å².